The number of carbonyl (C=O) groups is 1. The van der Waals surface area contributed by atoms with Crippen LogP contribution in [0.3, 0.4) is 0 Å². The molecule has 7 heteroatoms. The van der Waals surface area contributed by atoms with E-state index in [9.17, 15) is 13.6 Å². The number of alkyl halides is 2. The maximum atomic E-state index is 13.1. The molecule has 25 heavy (non-hydrogen) atoms. The monoisotopic (exact) mass is 367 g/mol. The fourth-order valence-corrected chi connectivity index (χ4v) is 3.63. The molecule has 1 aliphatic rings. The molecule has 0 radical (unpaired) electrons. The number of hydrogen-bond acceptors (Lipinski definition) is 2. The van der Waals surface area contributed by atoms with Gasteiger partial charge in [-0.1, -0.05) is 36.6 Å². The third kappa shape index (κ3) is 4.00. The first-order chi connectivity index (χ1) is 12.0. The summed E-state index contributed by atoms with van der Waals surface area (Å²) in [5, 5.41) is 7.31. The number of carbonyl (C=O) groups excluding carboxylic acids is 1. The smallest absolute Gasteiger partial charge is 0.282 e. The van der Waals surface area contributed by atoms with Crippen LogP contribution >= 0.6 is 11.6 Å². The summed E-state index contributed by atoms with van der Waals surface area (Å²) in [6.45, 7) is 0. The van der Waals surface area contributed by atoms with Crippen LogP contribution in [0.2, 0.25) is 5.02 Å². The summed E-state index contributed by atoms with van der Waals surface area (Å²) in [6.07, 6.45) is 2.42. The Labute approximate surface area is 150 Å². The molecule has 1 amide bonds. The molecule has 1 aromatic heterocycles. The van der Waals surface area contributed by atoms with Gasteiger partial charge in [0, 0.05) is 30.2 Å². The predicted octanol–water partition coefficient (Wildman–Crippen LogP) is 4.47. The number of hydrogen-bond donors (Lipinski definition) is 1. The van der Waals surface area contributed by atoms with Crippen molar-refractivity contribution in [2.75, 3.05) is 0 Å². The fourth-order valence-electron chi connectivity index (χ4n) is 3.50. The number of halogens is 3. The second-order valence-electron chi connectivity index (χ2n) is 6.42. The summed E-state index contributed by atoms with van der Waals surface area (Å²) in [4.78, 5) is 12.6. The van der Waals surface area contributed by atoms with Gasteiger partial charge in [-0.15, -0.1) is 0 Å². The van der Waals surface area contributed by atoms with Crippen LogP contribution in [-0.2, 0) is 7.05 Å². The van der Waals surface area contributed by atoms with Crippen molar-refractivity contribution in [2.24, 2.45) is 7.05 Å². The Morgan fingerprint density at radius 3 is 2.64 bits per heavy atom. The number of nitrogens with zero attached hydrogens (tertiary/aromatic N) is 2. The first-order valence-corrected chi connectivity index (χ1v) is 8.71. The third-order valence-corrected chi connectivity index (χ3v) is 4.94. The Balaban J connectivity index is 1.80. The molecule has 0 spiro atoms. The van der Waals surface area contributed by atoms with Crippen molar-refractivity contribution in [3.8, 4) is 0 Å². The summed E-state index contributed by atoms with van der Waals surface area (Å²) in [5.74, 6) is -0.337. The van der Waals surface area contributed by atoms with Gasteiger partial charge in [-0.25, -0.2) is 8.78 Å². The zero-order valence-electron chi connectivity index (χ0n) is 13.9. The van der Waals surface area contributed by atoms with Gasteiger partial charge >= 0.3 is 0 Å². The zero-order valence-corrected chi connectivity index (χ0v) is 14.6. The molecule has 0 aliphatic heterocycles. The van der Waals surface area contributed by atoms with Crippen molar-refractivity contribution in [1.82, 2.24) is 15.1 Å². The average molecular weight is 368 g/mol. The maximum Gasteiger partial charge on any atom is 0.282 e. The Hall–Kier alpha value is -1.95. The van der Waals surface area contributed by atoms with Gasteiger partial charge in [0.2, 0.25) is 0 Å². The van der Waals surface area contributed by atoms with Gasteiger partial charge in [0.05, 0.1) is 5.56 Å². The number of aryl methyl sites for hydroxylation is 1. The van der Waals surface area contributed by atoms with E-state index in [0.717, 1.165) is 31.2 Å². The second kappa shape index (κ2) is 7.52. The lowest BCUT2D eigenvalue weighted by Gasteiger charge is -2.32. The van der Waals surface area contributed by atoms with Crippen molar-refractivity contribution in [3.05, 3.63) is 52.3 Å². The van der Waals surface area contributed by atoms with Gasteiger partial charge in [0.15, 0.2) is 0 Å². The molecule has 0 saturated heterocycles. The molecule has 0 bridgehead atoms. The second-order valence-corrected chi connectivity index (χ2v) is 6.86. The van der Waals surface area contributed by atoms with E-state index in [0.29, 0.717) is 5.02 Å². The minimum atomic E-state index is -2.78. The van der Waals surface area contributed by atoms with Crippen LogP contribution in [0.15, 0.2) is 30.5 Å². The largest absolute Gasteiger partial charge is 0.349 e. The van der Waals surface area contributed by atoms with E-state index in [1.54, 1.807) is 0 Å². The zero-order chi connectivity index (χ0) is 18.0. The average Bonchev–Trinajstić information content (AvgIpc) is 2.99. The minimum absolute atomic E-state index is 0.0575. The minimum Gasteiger partial charge on any atom is -0.349 e. The molecule has 4 nitrogen and oxygen atoms in total. The normalized spacial score (nSPS) is 20.7. The van der Waals surface area contributed by atoms with E-state index in [4.69, 9.17) is 11.6 Å². The molecule has 1 aromatic carbocycles. The van der Waals surface area contributed by atoms with Crippen LogP contribution in [0.25, 0.3) is 0 Å². The van der Waals surface area contributed by atoms with Gasteiger partial charge in [-0.2, -0.15) is 5.10 Å². The molecule has 1 N–H and O–H groups in total. The first-order valence-electron chi connectivity index (χ1n) is 8.33. The van der Waals surface area contributed by atoms with Crippen molar-refractivity contribution in [3.63, 3.8) is 0 Å². The number of rotatable bonds is 4. The SMILES string of the molecule is Cn1cc(C(=O)N[C@H]2CCCC[C@@H]2c2ccc(Cl)cc2)c(C(F)F)n1. The summed E-state index contributed by atoms with van der Waals surface area (Å²) >= 11 is 5.95. The molecule has 1 fully saturated rings. The van der Waals surface area contributed by atoms with E-state index >= 15 is 0 Å². The summed E-state index contributed by atoms with van der Waals surface area (Å²) in [7, 11) is 1.53. The molecule has 3 rings (SSSR count). The molecular formula is C18H20ClF2N3O. The van der Waals surface area contributed by atoms with Crippen LogP contribution in [0, 0.1) is 0 Å². The Morgan fingerprint density at radius 2 is 1.96 bits per heavy atom. The molecule has 1 saturated carbocycles. The predicted molar refractivity (Wildman–Crippen MR) is 92.1 cm³/mol. The number of aromatic nitrogens is 2. The number of nitrogens with one attached hydrogen (secondary N) is 1. The molecule has 0 unspecified atom stereocenters. The topological polar surface area (TPSA) is 46.9 Å². The molecule has 2 atom stereocenters. The van der Waals surface area contributed by atoms with Gasteiger partial charge in [0.1, 0.15) is 5.69 Å². The molecule has 134 valence electrons. The summed E-state index contributed by atoms with van der Waals surface area (Å²) in [6, 6.07) is 7.51. The Kier molecular flexibility index (Phi) is 5.37. The van der Waals surface area contributed by atoms with Gasteiger partial charge in [-0.05, 0) is 30.5 Å². The number of amides is 1. The quantitative estimate of drug-likeness (QED) is 0.866. The van der Waals surface area contributed by atoms with E-state index in [-0.39, 0.29) is 17.5 Å². The van der Waals surface area contributed by atoms with Crippen molar-refractivity contribution >= 4 is 17.5 Å². The molecule has 2 aromatic rings. The van der Waals surface area contributed by atoms with E-state index in [2.05, 4.69) is 10.4 Å². The van der Waals surface area contributed by atoms with Crippen molar-refractivity contribution in [2.45, 2.75) is 44.1 Å². The first kappa shape index (κ1) is 17.9. The standard InChI is InChI=1S/C18H20ClF2N3O/c1-24-10-14(16(23-24)17(20)21)18(25)22-15-5-3-2-4-13(15)11-6-8-12(19)9-7-11/h6-10,13,15,17H,2-5H2,1H3,(H,22,25)/t13-,15+/m1/s1. The highest BCUT2D eigenvalue weighted by molar-refractivity contribution is 6.30. The van der Waals surface area contributed by atoms with Gasteiger partial charge in [-0.3, -0.25) is 9.48 Å². The molecule has 1 aliphatic carbocycles. The fraction of sp³-hybridized carbons (Fsp3) is 0.444. The lowest BCUT2D eigenvalue weighted by Crippen LogP contribution is -2.41. The van der Waals surface area contributed by atoms with Crippen LogP contribution in [0.5, 0.6) is 0 Å². The van der Waals surface area contributed by atoms with Gasteiger partial charge < -0.3 is 5.32 Å². The summed E-state index contributed by atoms with van der Waals surface area (Å²) in [5.41, 5.74) is 0.575. The van der Waals surface area contributed by atoms with Crippen molar-refractivity contribution < 1.29 is 13.6 Å². The van der Waals surface area contributed by atoms with E-state index in [1.165, 1.54) is 17.9 Å². The third-order valence-electron chi connectivity index (χ3n) is 4.69. The Morgan fingerprint density at radius 1 is 1.28 bits per heavy atom. The molecular weight excluding hydrogens is 348 g/mol. The van der Waals surface area contributed by atoms with Crippen LogP contribution in [0.1, 0.15) is 59.6 Å². The van der Waals surface area contributed by atoms with E-state index in [1.807, 2.05) is 24.3 Å². The van der Waals surface area contributed by atoms with Gasteiger partial charge in [0.25, 0.3) is 12.3 Å². The lowest BCUT2D eigenvalue weighted by atomic mass is 9.80. The number of benzene rings is 1. The highest BCUT2D eigenvalue weighted by Crippen LogP contribution is 2.34. The summed E-state index contributed by atoms with van der Waals surface area (Å²) < 4.78 is 27.4. The maximum absolute atomic E-state index is 13.1. The van der Waals surface area contributed by atoms with E-state index < -0.39 is 18.0 Å². The van der Waals surface area contributed by atoms with Crippen LogP contribution < -0.4 is 5.32 Å². The Bertz CT molecular complexity index is 745. The van der Waals surface area contributed by atoms with Crippen LogP contribution in [0.4, 0.5) is 8.78 Å². The highest BCUT2D eigenvalue weighted by Gasteiger charge is 2.30. The lowest BCUT2D eigenvalue weighted by molar-refractivity contribution is 0.0906. The molecule has 1 heterocycles. The van der Waals surface area contributed by atoms with Crippen LogP contribution in [-0.4, -0.2) is 21.7 Å². The highest BCUT2D eigenvalue weighted by atomic mass is 35.5. The van der Waals surface area contributed by atoms with Crippen molar-refractivity contribution in [1.29, 1.82) is 0 Å².